The molecule has 1 aromatic rings. The Hall–Kier alpha value is -2.89. The fourth-order valence-electron chi connectivity index (χ4n) is 2.79. The molecule has 1 aromatic carbocycles. The summed E-state index contributed by atoms with van der Waals surface area (Å²) in [5, 5.41) is 7.76. The number of nitrogens with one attached hydrogen (secondary N) is 3. The topological polar surface area (TPSA) is 133 Å². The average Bonchev–Trinajstić information content (AvgIpc) is 2.85. The van der Waals surface area contributed by atoms with E-state index in [0.717, 1.165) is 5.56 Å². The van der Waals surface area contributed by atoms with Gasteiger partial charge >= 0.3 is 12.2 Å². The fourth-order valence-corrected chi connectivity index (χ4v) is 2.79. The molecule has 0 aliphatic heterocycles. The number of alkyl carbamates (subject to hydrolysis) is 2. The summed E-state index contributed by atoms with van der Waals surface area (Å²) in [6, 6.07) is 8.64. The van der Waals surface area contributed by atoms with Crippen LogP contribution < -0.4 is 16.0 Å². The van der Waals surface area contributed by atoms with Crippen LogP contribution in [0.15, 0.2) is 30.3 Å². The molecule has 0 aromatic heterocycles. The molecule has 198 valence electrons. The van der Waals surface area contributed by atoms with E-state index < -0.39 is 18.2 Å². The maximum Gasteiger partial charge on any atom is 0.408 e. The van der Waals surface area contributed by atoms with Crippen LogP contribution in [0.4, 0.5) is 9.59 Å². The summed E-state index contributed by atoms with van der Waals surface area (Å²) in [4.78, 5) is 35.5. The van der Waals surface area contributed by atoms with Gasteiger partial charge in [-0.3, -0.25) is 4.79 Å². The monoisotopic (exact) mass is 497 g/mol. The van der Waals surface area contributed by atoms with Gasteiger partial charge in [0, 0.05) is 13.6 Å². The second-order valence-electron chi connectivity index (χ2n) is 7.90. The molecule has 0 fully saturated rings. The van der Waals surface area contributed by atoms with Crippen molar-refractivity contribution >= 4 is 18.1 Å². The summed E-state index contributed by atoms with van der Waals surface area (Å²) in [7, 11) is 1.49. The molecular formula is C24H39N3O8. The molecule has 3 N–H and O–H groups in total. The Balaban J connectivity index is 2.10. The molecule has 0 heterocycles. The molecule has 0 saturated carbocycles. The fraction of sp³-hybridized carbons (Fsp3) is 0.625. The number of amides is 3. The summed E-state index contributed by atoms with van der Waals surface area (Å²) in [5.41, 5.74) is 0.869. The maximum atomic E-state index is 12.5. The number of carbonyl (C=O) groups is 3. The maximum absolute atomic E-state index is 12.5. The number of benzene rings is 1. The van der Waals surface area contributed by atoms with Crippen molar-refractivity contribution < 1.29 is 38.1 Å². The van der Waals surface area contributed by atoms with Gasteiger partial charge in [0.15, 0.2) is 0 Å². The number of hydrogen-bond donors (Lipinski definition) is 3. The van der Waals surface area contributed by atoms with E-state index in [9.17, 15) is 14.4 Å². The van der Waals surface area contributed by atoms with Crippen molar-refractivity contribution in [2.75, 3.05) is 59.8 Å². The summed E-state index contributed by atoms with van der Waals surface area (Å²) in [6.45, 7) is 6.71. The lowest BCUT2D eigenvalue weighted by molar-refractivity contribution is -0.123. The van der Waals surface area contributed by atoms with E-state index in [-0.39, 0.29) is 25.0 Å². The minimum Gasteiger partial charge on any atom is -0.447 e. The van der Waals surface area contributed by atoms with Gasteiger partial charge in [-0.15, -0.1) is 0 Å². The van der Waals surface area contributed by atoms with E-state index in [1.807, 2.05) is 44.2 Å². The third-order valence-corrected chi connectivity index (χ3v) is 4.48. The lowest BCUT2D eigenvalue weighted by Gasteiger charge is -2.20. The van der Waals surface area contributed by atoms with Gasteiger partial charge in [-0.2, -0.15) is 0 Å². The minimum absolute atomic E-state index is 0.136. The van der Waals surface area contributed by atoms with Gasteiger partial charge in [0.1, 0.15) is 19.3 Å². The van der Waals surface area contributed by atoms with Crippen LogP contribution in [-0.2, 0) is 35.1 Å². The van der Waals surface area contributed by atoms with Crippen LogP contribution in [0.2, 0.25) is 0 Å². The third kappa shape index (κ3) is 16.4. The van der Waals surface area contributed by atoms with Gasteiger partial charge in [0.25, 0.3) is 0 Å². The lowest BCUT2D eigenvalue weighted by Crippen LogP contribution is -2.48. The van der Waals surface area contributed by atoms with Crippen molar-refractivity contribution in [2.24, 2.45) is 5.92 Å². The quantitative estimate of drug-likeness (QED) is 0.262. The van der Waals surface area contributed by atoms with Crippen LogP contribution in [0, 0.1) is 5.92 Å². The SMILES string of the molecule is CNC(=O)OCCOCCOCCOCCNC(=O)[C@@H](CC(C)C)NC(=O)OCc1ccccc1. The van der Waals surface area contributed by atoms with Gasteiger partial charge in [0.2, 0.25) is 5.91 Å². The summed E-state index contributed by atoms with van der Waals surface area (Å²) < 4.78 is 26.1. The molecule has 0 aliphatic carbocycles. The standard InChI is InChI=1S/C24H39N3O8/c1-19(2)17-21(27-24(30)35-18-20-7-5-4-6-8-20)22(28)26-9-10-31-11-12-32-13-14-33-15-16-34-23(29)25-3/h4-8,19,21H,9-18H2,1-3H3,(H,25,29)(H,26,28)(H,27,30)/t21-/m1/s1. The minimum atomic E-state index is -0.691. The molecule has 0 saturated heterocycles. The Morgan fingerprint density at radius 1 is 0.800 bits per heavy atom. The Morgan fingerprint density at radius 2 is 1.40 bits per heavy atom. The first kappa shape index (κ1) is 30.1. The zero-order chi connectivity index (χ0) is 25.7. The van der Waals surface area contributed by atoms with E-state index in [0.29, 0.717) is 52.6 Å². The third-order valence-electron chi connectivity index (χ3n) is 4.48. The van der Waals surface area contributed by atoms with Crippen molar-refractivity contribution in [3.8, 4) is 0 Å². The highest BCUT2D eigenvalue weighted by atomic mass is 16.6. The highest BCUT2D eigenvalue weighted by Crippen LogP contribution is 2.06. The van der Waals surface area contributed by atoms with E-state index in [1.54, 1.807) is 0 Å². The van der Waals surface area contributed by atoms with E-state index in [1.165, 1.54) is 7.05 Å². The van der Waals surface area contributed by atoms with Crippen molar-refractivity contribution in [3.05, 3.63) is 35.9 Å². The number of rotatable bonds is 18. The normalized spacial score (nSPS) is 11.5. The highest BCUT2D eigenvalue weighted by Gasteiger charge is 2.22. The lowest BCUT2D eigenvalue weighted by atomic mass is 10.0. The summed E-state index contributed by atoms with van der Waals surface area (Å²) >= 11 is 0. The molecule has 0 radical (unpaired) electrons. The molecule has 11 heteroatoms. The zero-order valence-corrected chi connectivity index (χ0v) is 20.9. The first-order valence-corrected chi connectivity index (χ1v) is 11.7. The first-order chi connectivity index (χ1) is 16.9. The number of hydrogen-bond acceptors (Lipinski definition) is 8. The summed E-state index contributed by atoms with van der Waals surface area (Å²) in [5.74, 6) is -0.0753. The van der Waals surface area contributed by atoms with Crippen LogP contribution >= 0.6 is 0 Å². The van der Waals surface area contributed by atoms with Crippen LogP contribution in [0.25, 0.3) is 0 Å². The van der Waals surface area contributed by atoms with Gasteiger partial charge in [-0.25, -0.2) is 9.59 Å². The van der Waals surface area contributed by atoms with Crippen molar-refractivity contribution in [2.45, 2.75) is 32.9 Å². The Kier molecular flexibility index (Phi) is 16.7. The van der Waals surface area contributed by atoms with Crippen LogP contribution in [0.1, 0.15) is 25.8 Å². The molecule has 0 bridgehead atoms. The van der Waals surface area contributed by atoms with Gasteiger partial charge in [-0.1, -0.05) is 44.2 Å². The number of ether oxygens (including phenoxy) is 5. The Morgan fingerprint density at radius 3 is 2.00 bits per heavy atom. The zero-order valence-electron chi connectivity index (χ0n) is 20.9. The van der Waals surface area contributed by atoms with Crippen molar-refractivity contribution in [1.82, 2.24) is 16.0 Å². The molecule has 0 unspecified atom stereocenters. The number of carbonyl (C=O) groups excluding carboxylic acids is 3. The molecule has 3 amide bonds. The van der Waals surface area contributed by atoms with Crippen LogP contribution in [-0.4, -0.2) is 84.0 Å². The van der Waals surface area contributed by atoms with Crippen LogP contribution in [0.3, 0.4) is 0 Å². The predicted octanol–water partition coefficient (Wildman–Crippen LogP) is 1.85. The second-order valence-corrected chi connectivity index (χ2v) is 7.90. The first-order valence-electron chi connectivity index (χ1n) is 11.7. The van der Waals surface area contributed by atoms with Gasteiger partial charge in [0.05, 0.1) is 39.6 Å². The highest BCUT2D eigenvalue weighted by molar-refractivity contribution is 5.85. The molecular weight excluding hydrogens is 458 g/mol. The Bertz CT molecular complexity index is 718. The molecule has 1 rings (SSSR count). The second kappa shape index (κ2) is 19.4. The smallest absolute Gasteiger partial charge is 0.408 e. The largest absolute Gasteiger partial charge is 0.447 e. The van der Waals surface area contributed by atoms with Crippen molar-refractivity contribution in [1.29, 1.82) is 0 Å². The molecule has 1 atom stereocenters. The van der Waals surface area contributed by atoms with Crippen LogP contribution in [0.5, 0.6) is 0 Å². The molecule has 0 aliphatic rings. The molecule has 0 spiro atoms. The Labute approximate surface area is 207 Å². The molecule has 35 heavy (non-hydrogen) atoms. The average molecular weight is 498 g/mol. The van der Waals surface area contributed by atoms with E-state index >= 15 is 0 Å². The van der Waals surface area contributed by atoms with Crippen molar-refractivity contribution in [3.63, 3.8) is 0 Å². The molecule has 11 nitrogen and oxygen atoms in total. The van der Waals surface area contributed by atoms with E-state index in [4.69, 9.17) is 23.7 Å². The summed E-state index contributed by atoms with van der Waals surface area (Å²) in [6.07, 6.45) is -0.640. The predicted molar refractivity (Wildman–Crippen MR) is 129 cm³/mol. The van der Waals surface area contributed by atoms with E-state index in [2.05, 4.69) is 16.0 Å². The van der Waals surface area contributed by atoms with Gasteiger partial charge in [-0.05, 0) is 17.9 Å². The van der Waals surface area contributed by atoms with Gasteiger partial charge < -0.3 is 39.6 Å².